The van der Waals surface area contributed by atoms with Gasteiger partial charge in [0.05, 0.1) is 0 Å². The Kier molecular flexibility index (Phi) is 7.53. The number of hydrogen-bond donors (Lipinski definition) is 2. The zero-order chi connectivity index (χ0) is 18.5. The van der Waals surface area contributed by atoms with Crippen LogP contribution in [0.3, 0.4) is 0 Å². The average Bonchev–Trinajstić information content (AvgIpc) is 3.39. The van der Waals surface area contributed by atoms with Gasteiger partial charge in [0.2, 0.25) is 0 Å². The zero-order valence-corrected chi connectivity index (χ0v) is 18.9. The molecule has 150 valence electrons. The predicted molar refractivity (Wildman–Crippen MR) is 127 cm³/mol. The largest absolute Gasteiger partial charge is 0.357 e. The summed E-state index contributed by atoms with van der Waals surface area (Å²) in [6.07, 6.45) is 6.92. The number of aliphatic imine (C=N–C) groups is 1. The number of anilines is 1. The van der Waals surface area contributed by atoms with Gasteiger partial charge in [-0.15, -0.1) is 24.0 Å². The van der Waals surface area contributed by atoms with Crippen LogP contribution in [0.4, 0.5) is 5.82 Å². The molecule has 0 radical (unpaired) electrons. The van der Waals surface area contributed by atoms with Gasteiger partial charge < -0.3 is 15.5 Å². The van der Waals surface area contributed by atoms with Crippen LogP contribution in [-0.2, 0) is 13.0 Å². The third-order valence-corrected chi connectivity index (χ3v) is 5.70. The molecule has 1 saturated heterocycles. The SMILES string of the molecule is CN=C(NCc1ccc(N2CCCC2)nc1)NCC1CCc2ccccc21.I. The molecule has 6 heteroatoms. The normalized spacial score (nSPS) is 18.5. The molecule has 1 atom stereocenters. The molecule has 2 aliphatic rings. The average molecular weight is 491 g/mol. The molecule has 4 rings (SSSR count). The Morgan fingerprint density at radius 1 is 1.14 bits per heavy atom. The maximum atomic E-state index is 4.62. The highest BCUT2D eigenvalue weighted by atomic mass is 127. The molecule has 0 saturated carbocycles. The number of aromatic nitrogens is 1. The maximum absolute atomic E-state index is 4.62. The Balaban J connectivity index is 0.00000225. The van der Waals surface area contributed by atoms with Crippen molar-refractivity contribution >= 4 is 35.8 Å². The maximum Gasteiger partial charge on any atom is 0.191 e. The first-order valence-corrected chi connectivity index (χ1v) is 10.1. The number of rotatable bonds is 5. The van der Waals surface area contributed by atoms with Crippen molar-refractivity contribution in [3.63, 3.8) is 0 Å². The Bertz CT molecular complexity index is 784. The number of nitrogens with zero attached hydrogens (tertiary/aromatic N) is 3. The minimum atomic E-state index is 0. The van der Waals surface area contributed by atoms with Crippen LogP contribution in [0.2, 0.25) is 0 Å². The van der Waals surface area contributed by atoms with Crippen LogP contribution in [-0.4, -0.2) is 37.6 Å². The van der Waals surface area contributed by atoms with E-state index in [1.807, 2.05) is 13.2 Å². The van der Waals surface area contributed by atoms with E-state index in [0.29, 0.717) is 5.92 Å². The van der Waals surface area contributed by atoms with Crippen molar-refractivity contribution in [2.45, 2.75) is 38.1 Å². The lowest BCUT2D eigenvalue weighted by Gasteiger charge is -2.17. The van der Waals surface area contributed by atoms with Crippen LogP contribution < -0.4 is 15.5 Å². The van der Waals surface area contributed by atoms with E-state index in [4.69, 9.17) is 0 Å². The predicted octanol–water partition coefficient (Wildman–Crippen LogP) is 3.69. The summed E-state index contributed by atoms with van der Waals surface area (Å²) < 4.78 is 0. The summed E-state index contributed by atoms with van der Waals surface area (Å²) in [5, 5.41) is 6.90. The molecule has 0 spiro atoms. The van der Waals surface area contributed by atoms with Gasteiger partial charge in [0, 0.05) is 45.3 Å². The lowest BCUT2D eigenvalue weighted by molar-refractivity contribution is 0.641. The van der Waals surface area contributed by atoms with E-state index in [9.17, 15) is 0 Å². The van der Waals surface area contributed by atoms with E-state index in [-0.39, 0.29) is 24.0 Å². The Morgan fingerprint density at radius 2 is 1.96 bits per heavy atom. The molecule has 0 amide bonds. The summed E-state index contributed by atoms with van der Waals surface area (Å²) in [6.45, 7) is 3.91. The highest BCUT2D eigenvalue weighted by Gasteiger charge is 2.21. The van der Waals surface area contributed by atoms with Crippen molar-refractivity contribution in [3.05, 3.63) is 59.3 Å². The van der Waals surface area contributed by atoms with Crippen LogP contribution >= 0.6 is 24.0 Å². The van der Waals surface area contributed by atoms with Crippen LogP contribution in [0.25, 0.3) is 0 Å². The van der Waals surface area contributed by atoms with Gasteiger partial charge in [-0.1, -0.05) is 30.3 Å². The number of halogens is 1. The zero-order valence-electron chi connectivity index (χ0n) is 16.5. The summed E-state index contributed by atoms with van der Waals surface area (Å²) in [5.74, 6) is 2.52. The van der Waals surface area contributed by atoms with Gasteiger partial charge in [-0.2, -0.15) is 0 Å². The number of fused-ring (bicyclic) bond motifs is 1. The van der Waals surface area contributed by atoms with Gasteiger partial charge in [0.15, 0.2) is 5.96 Å². The van der Waals surface area contributed by atoms with Crippen molar-refractivity contribution < 1.29 is 0 Å². The van der Waals surface area contributed by atoms with E-state index in [0.717, 1.165) is 38.0 Å². The van der Waals surface area contributed by atoms with Gasteiger partial charge in [0.25, 0.3) is 0 Å². The topological polar surface area (TPSA) is 52.6 Å². The first-order chi connectivity index (χ1) is 13.3. The Labute approximate surface area is 185 Å². The number of hydrogen-bond acceptors (Lipinski definition) is 3. The van der Waals surface area contributed by atoms with Crippen molar-refractivity contribution in [2.24, 2.45) is 4.99 Å². The van der Waals surface area contributed by atoms with E-state index in [1.54, 1.807) is 0 Å². The van der Waals surface area contributed by atoms with Gasteiger partial charge in [-0.25, -0.2) is 4.98 Å². The van der Waals surface area contributed by atoms with E-state index in [1.165, 1.54) is 42.4 Å². The van der Waals surface area contributed by atoms with Crippen LogP contribution in [0.15, 0.2) is 47.6 Å². The Hall–Kier alpha value is -1.83. The minimum Gasteiger partial charge on any atom is -0.357 e. The van der Waals surface area contributed by atoms with Gasteiger partial charge in [-0.05, 0) is 48.4 Å². The summed E-state index contributed by atoms with van der Waals surface area (Å²) in [5.41, 5.74) is 4.16. The number of guanidine groups is 1. The summed E-state index contributed by atoms with van der Waals surface area (Å²) in [6, 6.07) is 13.1. The number of pyridine rings is 1. The van der Waals surface area contributed by atoms with Gasteiger partial charge in [-0.3, -0.25) is 4.99 Å². The third-order valence-electron chi connectivity index (χ3n) is 5.70. The van der Waals surface area contributed by atoms with Crippen LogP contribution in [0, 0.1) is 0 Å². The fourth-order valence-electron chi connectivity index (χ4n) is 4.14. The molecule has 2 aromatic rings. The molecule has 1 aliphatic carbocycles. The van der Waals surface area contributed by atoms with Crippen LogP contribution in [0.5, 0.6) is 0 Å². The first-order valence-electron chi connectivity index (χ1n) is 10.1. The smallest absolute Gasteiger partial charge is 0.191 e. The third kappa shape index (κ3) is 4.96. The second-order valence-electron chi connectivity index (χ2n) is 7.46. The molecule has 28 heavy (non-hydrogen) atoms. The molecule has 2 heterocycles. The number of nitrogens with one attached hydrogen (secondary N) is 2. The highest BCUT2D eigenvalue weighted by Crippen LogP contribution is 2.32. The molecular formula is C22H30IN5. The highest BCUT2D eigenvalue weighted by molar-refractivity contribution is 14.0. The minimum absolute atomic E-state index is 0. The Morgan fingerprint density at radius 3 is 2.71 bits per heavy atom. The molecule has 1 aromatic carbocycles. The second kappa shape index (κ2) is 10.1. The molecule has 1 fully saturated rings. The standard InChI is InChI=1S/C22H29N5.HI/c1-23-22(26-16-19-10-9-18-6-2-3-7-20(18)19)25-15-17-8-11-21(24-14-17)27-12-4-5-13-27;/h2-3,6-8,11,14,19H,4-5,9-10,12-13,15-16H2,1H3,(H2,23,25,26);1H. The van der Waals surface area contributed by atoms with Crippen molar-refractivity contribution in [1.82, 2.24) is 15.6 Å². The molecule has 5 nitrogen and oxygen atoms in total. The van der Waals surface area contributed by atoms with Crippen molar-refractivity contribution in [1.29, 1.82) is 0 Å². The quantitative estimate of drug-likeness (QED) is 0.381. The lowest BCUT2D eigenvalue weighted by atomic mass is 10.0. The fourth-order valence-corrected chi connectivity index (χ4v) is 4.14. The fraction of sp³-hybridized carbons (Fsp3) is 0.455. The second-order valence-corrected chi connectivity index (χ2v) is 7.46. The van der Waals surface area contributed by atoms with Crippen molar-refractivity contribution in [3.8, 4) is 0 Å². The molecule has 1 aliphatic heterocycles. The summed E-state index contributed by atoms with van der Waals surface area (Å²) >= 11 is 0. The molecular weight excluding hydrogens is 461 g/mol. The first kappa shape index (κ1) is 20.9. The van der Waals surface area contributed by atoms with E-state index >= 15 is 0 Å². The molecule has 2 N–H and O–H groups in total. The van der Waals surface area contributed by atoms with Crippen LogP contribution in [0.1, 0.15) is 41.9 Å². The van der Waals surface area contributed by atoms with Crippen molar-refractivity contribution in [2.75, 3.05) is 31.6 Å². The molecule has 1 unspecified atom stereocenters. The van der Waals surface area contributed by atoms with E-state index < -0.39 is 0 Å². The lowest BCUT2D eigenvalue weighted by Crippen LogP contribution is -2.38. The van der Waals surface area contributed by atoms with E-state index in [2.05, 4.69) is 61.9 Å². The monoisotopic (exact) mass is 491 g/mol. The summed E-state index contributed by atoms with van der Waals surface area (Å²) in [4.78, 5) is 11.3. The van der Waals surface area contributed by atoms with Gasteiger partial charge in [0.1, 0.15) is 5.82 Å². The number of benzene rings is 1. The summed E-state index contributed by atoms with van der Waals surface area (Å²) in [7, 11) is 1.83. The molecule has 0 bridgehead atoms. The number of aryl methyl sites for hydroxylation is 1. The molecule has 1 aromatic heterocycles. The van der Waals surface area contributed by atoms with Gasteiger partial charge >= 0.3 is 0 Å².